The van der Waals surface area contributed by atoms with Crippen LogP contribution < -0.4 is 10.1 Å². The number of aromatic nitrogens is 3. The topological polar surface area (TPSA) is 79.9 Å². The van der Waals surface area contributed by atoms with Gasteiger partial charge in [-0.2, -0.15) is 0 Å². The number of hydrogen-bond acceptors (Lipinski definition) is 5. The van der Waals surface area contributed by atoms with Crippen molar-refractivity contribution >= 4 is 50.1 Å². The number of halogens is 1. The zero-order valence-corrected chi connectivity index (χ0v) is 17.9. The van der Waals surface area contributed by atoms with Gasteiger partial charge in [0.2, 0.25) is 11.1 Å². The summed E-state index contributed by atoms with van der Waals surface area (Å²) in [6.45, 7) is 0. The van der Waals surface area contributed by atoms with Crippen molar-refractivity contribution in [3.8, 4) is 17.1 Å². The van der Waals surface area contributed by atoms with Gasteiger partial charge in [0.05, 0.1) is 12.9 Å². The Hall–Kier alpha value is -2.84. The van der Waals surface area contributed by atoms with Gasteiger partial charge in [0.15, 0.2) is 5.82 Å². The largest absolute Gasteiger partial charge is 0.497 e. The van der Waals surface area contributed by atoms with Gasteiger partial charge >= 0.3 is 0 Å². The molecule has 8 heteroatoms. The molecule has 1 amide bonds. The molecular weight excluding hydrogens is 452 g/mol. The Balaban J connectivity index is 1.40. The number of aromatic amines is 1. The molecule has 2 N–H and O–H groups in total. The first-order chi connectivity index (χ1) is 14.1. The van der Waals surface area contributed by atoms with Crippen molar-refractivity contribution in [3.63, 3.8) is 0 Å². The molecule has 0 fully saturated rings. The lowest BCUT2D eigenvalue weighted by atomic mass is 10.1. The van der Waals surface area contributed by atoms with Crippen LogP contribution in [0.2, 0.25) is 0 Å². The van der Waals surface area contributed by atoms with Crippen LogP contribution in [0.3, 0.4) is 0 Å². The quantitative estimate of drug-likeness (QED) is 0.383. The van der Waals surface area contributed by atoms with Crippen LogP contribution in [0.1, 0.15) is 0 Å². The van der Waals surface area contributed by atoms with E-state index in [4.69, 9.17) is 4.74 Å². The van der Waals surface area contributed by atoms with Gasteiger partial charge in [0, 0.05) is 21.1 Å². The van der Waals surface area contributed by atoms with Gasteiger partial charge in [-0.25, -0.2) is 4.98 Å². The van der Waals surface area contributed by atoms with E-state index in [-0.39, 0.29) is 11.7 Å². The molecule has 4 rings (SSSR count). The minimum Gasteiger partial charge on any atom is -0.497 e. The molecule has 0 bridgehead atoms. The molecular formula is C21H17BrN4O2S. The Morgan fingerprint density at radius 2 is 1.86 bits per heavy atom. The number of methoxy groups -OCH3 is 1. The van der Waals surface area contributed by atoms with Crippen molar-refractivity contribution in [2.24, 2.45) is 0 Å². The number of hydrogen-bond donors (Lipinski definition) is 2. The monoisotopic (exact) mass is 468 g/mol. The summed E-state index contributed by atoms with van der Waals surface area (Å²) in [6, 6.07) is 19.3. The van der Waals surface area contributed by atoms with Crippen LogP contribution >= 0.6 is 27.7 Å². The van der Waals surface area contributed by atoms with Crippen LogP contribution in [0.5, 0.6) is 5.75 Å². The molecule has 1 heterocycles. The third-order valence-corrected chi connectivity index (χ3v) is 5.84. The molecule has 0 spiro atoms. The average molecular weight is 469 g/mol. The smallest absolute Gasteiger partial charge is 0.234 e. The Morgan fingerprint density at radius 3 is 2.62 bits per heavy atom. The summed E-state index contributed by atoms with van der Waals surface area (Å²) in [5, 5.41) is 12.6. The summed E-state index contributed by atoms with van der Waals surface area (Å²) in [7, 11) is 1.63. The fraction of sp³-hybridized carbons (Fsp3) is 0.0952. The molecule has 0 aliphatic heterocycles. The number of benzene rings is 3. The van der Waals surface area contributed by atoms with E-state index in [0.29, 0.717) is 11.0 Å². The third kappa shape index (κ3) is 4.44. The molecule has 1 aromatic heterocycles. The molecule has 0 aliphatic rings. The molecule has 0 saturated heterocycles. The molecule has 146 valence electrons. The maximum absolute atomic E-state index is 12.4. The fourth-order valence-electron chi connectivity index (χ4n) is 2.88. The Bertz CT molecular complexity index is 1160. The van der Waals surface area contributed by atoms with Crippen LogP contribution in [0.15, 0.2) is 70.3 Å². The van der Waals surface area contributed by atoms with Crippen molar-refractivity contribution in [1.82, 2.24) is 15.2 Å². The molecule has 0 radical (unpaired) electrons. The standard InChI is InChI=1S/C21H17BrN4O2S/c1-28-14-8-6-13(7-9-14)20-24-21(26-25-20)29-12-19(27)23-18-11-10-17(22)15-4-2-3-5-16(15)18/h2-11H,12H2,1H3,(H,23,27)(H,24,25,26). The summed E-state index contributed by atoms with van der Waals surface area (Å²) < 4.78 is 6.15. The number of nitrogens with zero attached hydrogens (tertiary/aromatic N) is 2. The molecule has 6 nitrogen and oxygen atoms in total. The number of amides is 1. The van der Waals surface area contributed by atoms with E-state index in [1.165, 1.54) is 11.8 Å². The van der Waals surface area contributed by atoms with Gasteiger partial charge in [0.1, 0.15) is 5.75 Å². The van der Waals surface area contributed by atoms with Crippen molar-refractivity contribution in [3.05, 3.63) is 65.1 Å². The van der Waals surface area contributed by atoms with E-state index in [9.17, 15) is 4.79 Å². The highest BCUT2D eigenvalue weighted by Gasteiger charge is 2.11. The second kappa shape index (κ2) is 8.67. The molecule has 0 saturated carbocycles. The van der Waals surface area contributed by atoms with Crippen molar-refractivity contribution in [2.75, 3.05) is 18.2 Å². The Labute approximate surface area is 180 Å². The summed E-state index contributed by atoms with van der Waals surface area (Å²) in [6.07, 6.45) is 0. The highest BCUT2D eigenvalue weighted by molar-refractivity contribution is 9.10. The molecule has 29 heavy (non-hydrogen) atoms. The normalized spacial score (nSPS) is 10.8. The van der Waals surface area contributed by atoms with Crippen LogP contribution in [0, 0.1) is 0 Å². The number of fused-ring (bicyclic) bond motifs is 1. The maximum Gasteiger partial charge on any atom is 0.234 e. The number of carbonyl (C=O) groups is 1. The predicted molar refractivity (Wildman–Crippen MR) is 119 cm³/mol. The lowest BCUT2D eigenvalue weighted by Gasteiger charge is -2.09. The number of anilines is 1. The van der Waals surface area contributed by atoms with Gasteiger partial charge in [-0.05, 0) is 41.8 Å². The Morgan fingerprint density at radius 1 is 1.10 bits per heavy atom. The minimum absolute atomic E-state index is 0.113. The van der Waals surface area contributed by atoms with E-state index < -0.39 is 0 Å². The second-order valence-electron chi connectivity index (χ2n) is 6.17. The summed E-state index contributed by atoms with van der Waals surface area (Å²) >= 11 is 4.82. The third-order valence-electron chi connectivity index (χ3n) is 4.31. The van der Waals surface area contributed by atoms with Gasteiger partial charge in [-0.15, -0.1) is 5.10 Å². The second-order valence-corrected chi connectivity index (χ2v) is 7.97. The van der Waals surface area contributed by atoms with E-state index in [0.717, 1.165) is 32.2 Å². The molecule has 3 aromatic carbocycles. The highest BCUT2D eigenvalue weighted by atomic mass is 79.9. The van der Waals surface area contributed by atoms with E-state index in [2.05, 4.69) is 36.4 Å². The number of carbonyl (C=O) groups excluding carboxylic acids is 1. The van der Waals surface area contributed by atoms with E-state index in [1.807, 2.05) is 60.7 Å². The van der Waals surface area contributed by atoms with Crippen LogP contribution in [0.4, 0.5) is 5.69 Å². The lowest BCUT2D eigenvalue weighted by molar-refractivity contribution is -0.113. The average Bonchev–Trinajstić information content (AvgIpc) is 3.24. The number of rotatable bonds is 6. The van der Waals surface area contributed by atoms with Gasteiger partial charge in [0.25, 0.3) is 0 Å². The van der Waals surface area contributed by atoms with Crippen LogP contribution in [-0.4, -0.2) is 34.0 Å². The van der Waals surface area contributed by atoms with Gasteiger partial charge in [-0.1, -0.05) is 52.0 Å². The summed E-state index contributed by atoms with van der Waals surface area (Å²) in [4.78, 5) is 16.9. The van der Waals surface area contributed by atoms with Crippen molar-refractivity contribution in [2.45, 2.75) is 5.16 Å². The molecule has 0 atom stereocenters. The van der Waals surface area contributed by atoms with Crippen molar-refractivity contribution in [1.29, 1.82) is 0 Å². The van der Waals surface area contributed by atoms with Crippen LogP contribution in [0.25, 0.3) is 22.2 Å². The van der Waals surface area contributed by atoms with Crippen LogP contribution in [-0.2, 0) is 4.79 Å². The van der Waals surface area contributed by atoms with Gasteiger partial charge in [-0.3, -0.25) is 9.89 Å². The summed E-state index contributed by atoms with van der Waals surface area (Å²) in [5.74, 6) is 1.53. The zero-order chi connectivity index (χ0) is 20.2. The maximum atomic E-state index is 12.4. The molecule has 0 aliphatic carbocycles. The number of H-pyrrole nitrogens is 1. The van der Waals surface area contributed by atoms with E-state index >= 15 is 0 Å². The first-order valence-corrected chi connectivity index (χ1v) is 10.6. The first-order valence-electron chi connectivity index (χ1n) is 8.81. The fourth-order valence-corrected chi connectivity index (χ4v) is 3.95. The number of ether oxygens (including phenoxy) is 1. The lowest BCUT2D eigenvalue weighted by Crippen LogP contribution is -2.14. The molecule has 0 unspecified atom stereocenters. The highest BCUT2D eigenvalue weighted by Crippen LogP contribution is 2.30. The van der Waals surface area contributed by atoms with Crippen molar-refractivity contribution < 1.29 is 9.53 Å². The molecule has 4 aromatic rings. The van der Waals surface area contributed by atoms with E-state index in [1.54, 1.807) is 7.11 Å². The predicted octanol–water partition coefficient (Wildman–Crippen LogP) is 5.13. The van der Waals surface area contributed by atoms with Gasteiger partial charge < -0.3 is 10.1 Å². The number of nitrogens with one attached hydrogen (secondary N) is 2. The first kappa shape index (κ1) is 19.5. The Kier molecular flexibility index (Phi) is 5.82. The summed E-state index contributed by atoms with van der Waals surface area (Å²) in [5.41, 5.74) is 1.68. The number of thioether (sulfide) groups is 1. The zero-order valence-electron chi connectivity index (χ0n) is 15.5. The SMILES string of the molecule is COc1ccc(-c2nc(SCC(=O)Nc3ccc(Br)c4ccccc34)n[nH]2)cc1. The minimum atomic E-state index is -0.113.